The number of anilines is 1. The Morgan fingerprint density at radius 2 is 1.81 bits per heavy atom. The highest BCUT2D eigenvalue weighted by atomic mass is 19.4. The molecule has 2 aromatic rings. The molecule has 1 aromatic carbocycles. The molecule has 0 spiro atoms. The Morgan fingerprint density at radius 3 is 2.44 bits per heavy atom. The maximum Gasteiger partial charge on any atom is 0.389 e. The third-order valence-corrected chi connectivity index (χ3v) is 4.86. The molecular formula is C23H31F3N4O6. The summed E-state index contributed by atoms with van der Waals surface area (Å²) in [6, 6.07) is 6.89. The largest absolute Gasteiger partial charge is 0.494 e. The van der Waals surface area contributed by atoms with Crippen molar-refractivity contribution in [2.75, 3.05) is 25.1 Å². The Morgan fingerprint density at radius 1 is 1.14 bits per heavy atom. The molecule has 0 aliphatic heterocycles. The Balaban J connectivity index is 1.79. The van der Waals surface area contributed by atoms with Crippen molar-refractivity contribution in [3.05, 3.63) is 45.1 Å². The van der Waals surface area contributed by atoms with Gasteiger partial charge in [0.1, 0.15) is 24.2 Å². The Labute approximate surface area is 206 Å². The van der Waals surface area contributed by atoms with Crippen molar-refractivity contribution in [1.29, 1.82) is 0 Å². The van der Waals surface area contributed by atoms with Crippen LogP contribution in [0.25, 0.3) is 0 Å². The van der Waals surface area contributed by atoms with Crippen molar-refractivity contribution in [2.24, 2.45) is 7.05 Å². The summed E-state index contributed by atoms with van der Waals surface area (Å²) in [5.74, 6) is 0.780. The highest BCUT2D eigenvalue weighted by Crippen LogP contribution is 2.21. The number of nitrogens with one attached hydrogen (secondary N) is 1. The van der Waals surface area contributed by atoms with Gasteiger partial charge in [0, 0.05) is 33.0 Å². The van der Waals surface area contributed by atoms with Gasteiger partial charge in [-0.3, -0.25) is 14.2 Å². The van der Waals surface area contributed by atoms with Gasteiger partial charge in [0.05, 0.1) is 6.61 Å². The molecule has 1 N–H and O–H groups in total. The molecule has 0 aliphatic rings. The fourth-order valence-corrected chi connectivity index (χ4v) is 3.03. The van der Waals surface area contributed by atoms with E-state index in [2.05, 4.69) is 10.4 Å². The highest BCUT2D eigenvalue weighted by Gasteiger charge is 2.26. The average molecular weight is 517 g/mol. The lowest BCUT2D eigenvalue weighted by Crippen LogP contribution is -2.42. The van der Waals surface area contributed by atoms with Crippen LogP contribution in [0.3, 0.4) is 0 Å². The van der Waals surface area contributed by atoms with E-state index in [1.807, 2.05) is 0 Å². The van der Waals surface area contributed by atoms with E-state index in [1.54, 1.807) is 38.1 Å². The minimum absolute atomic E-state index is 0.121. The zero-order chi connectivity index (χ0) is 26.7. The van der Waals surface area contributed by atoms with Crippen molar-refractivity contribution in [1.82, 2.24) is 14.3 Å². The third-order valence-electron chi connectivity index (χ3n) is 4.86. The third kappa shape index (κ3) is 9.62. The van der Waals surface area contributed by atoms with Crippen LogP contribution in [0.1, 0.15) is 39.5 Å². The van der Waals surface area contributed by atoms with Crippen LogP contribution in [0.2, 0.25) is 0 Å². The number of hydrogen-bond acceptors (Lipinski definition) is 8. The molecule has 36 heavy (non-hydrogen) atoms. The number of esters is 1. The molecule has 0 radical (unpaired) electrons. The molecule has 0 saturated carbocycles. The summed E-state index contributed by atoms with van der Waals surface area (Å²) in [6.07, 6.45) is -5.36. The van der Waals surface area contributed by atoms with Crippen molar-refractivity contribution in [2.45, 2.75) is 58.4 Å². The van der Waals surface area contributed by atoms with E-state index < -0.39 is 23.8 Å². The number of nitrogens with zero attached hydrogens (tertiary/aromatic N) is 3. The van der Waals surface area contributed by atoms with E-state index in [0.717, 1.165) is 9.25 Å². The summed E-state index contributed by atoms with van der Waals surface area (Å²) in [5, 5.41) is 6.67. The van der Waals surface area contributed by atoms with Crippen LogP contribution < -0.4 is 26.0 Å². The Kier molecular flexibility index (Phi) is 10.8. The molecule has 0 fully saturated rings. The zero-order valence-electron chi connectivity index (χ0n) is 20.5. The predicted molar refractivity (Wildman–Crippen MR) is 125 cm³/mol. The van der Waals surface area contributed by atoms with E-state index in [0.29, 0.717) is 30.9 Å². The summed E-state index contributed by atoms with van der Waals surface area (Å²) < 4.78 is 55.2. The molecule has 0 amide bonds. The summed E-state index contributed by atoms with van der Waals surface area (Å²) in [6.45, 7) is 3.90. The first-order valence-corrected chi connectivity index (χ1v) is 11.5. The zero-order valence-corrected chi connectivity index (χ0v) is 20.5. The van der Waals surface area contributed by atoms with Gasteiger partial charge in [-0.2, -0.15) is 13.2 Å². The smallest absolute Gasteiger partial charge is 0.389 e. The van der Waals surface area contributed by atoms with Crippen LogP contribution in [-0.4, -0.2) is 52.4 Å². The number of aryl methyl sites for hydroxylation is 1. The van der Waals surface area contributed by atoms with Gasteiger partial charge in [0.15, 0.2) is 0 Å². The number of carbonyl (C=O) groups excluding carboxylic acids is 1. The van der Waals surface area contributed by atoms with Crippen LogP contribution in [0.5, 0.6) is 11.5 Å². The first-order chi connectivity index (χ1) is 17.0. The molecule has 200 valence electrons. The lowest BCUT2D eigenvalue weighted by atomic mass is 10.3. The van der Waals surface area contributed by atoms with Crippen molar-refractivity contribution >= 4 is 11.8 Å². The second-order valence-electron chi connectivity index (χ2n) is 8.00. The van der Waals surface area contributed by atoms with Gasteiger partial charge in [-0.1, -0.05) is 6.92 Å². The quantitative estimate of drug-likeness (QED) is 0.301. The Bertz CT molecular complexity index is 1100. The second kappa shape index (κ2) is 13.5. The number of hydrogen-bond donors (Lipinski definition) is 1. The molecule has 0 saturated heterocycles. The molecule has 1 aromatic heterocycles. The molecule has 10 nitrogen and oxygen atoms in total. The van der Waals surface area contributed by atoms with Gasteiger partial charge < -0.3 is 19.5 Å². The fourth-order valence-electron chi connectivity index (χ4n) is 3.03. The second-order valence-corrected chi connectivity index (χ2v) is 8.00. The molecule has 13 heteroatoms. The van der Waals surface area contributed by atoms with E-state index >= 15 is 0 Å². The lowest BCUT2D eigenvalue weighted by Gasteiger charge is -2.15. The van der Waals surface area contributed by atoms with Gasteiger partial charge >= 0.3 is 17.8 Å². The number of rotatable bonds is 14. The topological polar surface area (TPSA) is 114 Å². The highest BCUT2D eigenvalue weighted by molar-refractivity contribution is 5.68. The standard InChI is InChI=1S/C23H31F3N4O6/c1-4-19(31)35-15-16(2)36-18-9-7-17(8-10-18)34-14-6-12-27-20-21(32)30(22(33)29(3)28-20)13-5-11-23(24,25)26/h7-10,16H,4-6,11-15H2,1-3H3,(H,27,28). The van der Waals surface area contributed by atoms with Gasteiger partial charge in [0.2, 0.25) is 5.82 Å². The van der Waals surface area contributed by atoms with E-state index in [4.69, 9.17) is 14.2 Å². The maximum atomic E-state index is 12.5. The van der Waals surface area contributed by atoms with Gasteiger partial charge in [0.25, 0.3) is 5.56 Å². The average Bonchev–Trinajstić information content (AvgIpc) is 2.82. The minimum Gasteiger partial charge on any atom is -0.494 e. The van der Waals surface area contributed by atoms with Crippen LogP contribution in [0.4, 0.5) is 19.0 Å². The summed E-state index contributed by atoms with van der Waals surface area (Å²) >= 11 is 0. The molecule has 0 aliphatic carbocycles. The van der Waals surface area contributed by atoms with Gasteiger partial charge in [-0.15, -0.1) is 5.10 Å². The number of alkyl halides is 3. The number of ether oxygens (including phenoxy) is 3. The van der Waals surface area contributed by atoms with Crippen molar-refractivity contribution in [3.8, 4) is 11.5 Å². The maximum absolute atomic E-state index is 12.5. The first kappa shape index (κ1) is 28.7. The monoisotopic (exact) mass is 516 g/mol. The normalized spacial score (nSPS) is 12.2. The number of halogens is 3. The van der Waals surface area contributed by atoms with E-state index in [9.17, 15) is 27.6 Å². The predicted octanol–water partition coefficient (Wildman–Crippen LogP) is 2.89. The van der Waals surface area contributed by atoms with Crippen LogP contribution in [0.15, 0.2) is 33.9 Å². The van der Waals surface area contributed by atoms with E-state index in [-0.39, 0.29) is 44.0 Å². The molecule has 1 atom stereocenters. The summed E-state index contributed by atoms with van der Waals surface area (Å²) in [7, 11) is 1.32. The van der Waals surface area contributed by atoms with Crippen LogP contribution in [-0.2, 0) is 23.1 Å². The number of carbonyl (C=O) groups is 1. The number of aromatic nitrogens is 3. The number of benzene rings is 1. The summed E-state index contributed by atoms with van der Waals surface area (Å²) in [5.41, 5.74) is -1.55. The van der Waals surface area contributed by atoms with Gasteiger partial charge in [-0.25, -0.2) is 9.48 Å². The van der Waals surface area contributed by atoms with E-state index in [1.165, 1.54) is 7.05 Å². The van der Waals surface area contributed by atoms with Crippen molar-refractivity contribution < 1.29 is 32.2 Å². The molecular weight excluding hydrogens is 485 g/mol. The molecule has 0 bridgehead atoms. The van der Waals surface area contributed by atoms with Crippen molar-refractivity contribution in [3.63, 3.8) is 0 Å². The molecule has 1 heterocycles. The molecule has 2 rings (SSSR count). The van der Waals surface area contributed by atoms with Crippen LogP contribution in [0, 0.1) is 0 Å². The SMILES string of the molecule is CCC(=O)OCC(C)Oc1ccc(OCCCNc2nn(C)c(=O)n(CCCC(F)(F)F)c2=O)cc1. The first-order valence-electron chi connectivity index (χ1n) is 11.5. The Hall–Kier alpha value is -3.51. The minimum atomic E-state index is -4.36. The molecule has 1 unspecified atom stereocenters. The fraction of sp³-hybridized carbons (Fsp3) is 0.565. The summed E-state index contributed by atoms with van der Waals surface area (Å²) in [4.78, 5) is 35.7. The van der Waals surface area contributed by atoms with Gasteiger partial charge in [-0.05, 0) is 44.0 Å². The van der Waals surface area contributed by atoms with Crippen LogP contribution >= 0.6 is 0 Å². The lowest BCUT2D eigenvalue weighted by molar-refractivity contribution is -0.145.